The molecule has 194 valence electrons. The monoisotopic (exact) mass is 510 g/mol. The van der Waals surface area contributed by atoms with E-state index in [1.165, 1.54) is 26.2 Å². The number of fused-ring (bicyclic) bond motifs is 2. The van der Waals surface area contributed by atoms with Crippen molar-refractivity contribution in [2.75, 3.05) is 13.7 Å². The van der Waals surface area contributed by atoms with Gasteiger partial charge >= 0.3 is 17.9 Å². The highest BCUT2D eigenvalue weighted by atomic mass is 16.6. The quantitative estimate of drug-likeness (QED) is 0.434. The minimum absolute atomic E-state index is 0.00606. The zero-order valence-electron chi connectivity index (χ0n) is 21.3. The fourth-order valence-electron chi connectivity index (χ4n) is 4.35. The highest BCUT2D eigenvalue weighted by Crippen LogP contribution is 2.49. The zero-order valence-corrected chi connectivity index (χ0v) is 21.3. The molecule has 2 aromatic rings. The van der Waals surface area contributed by atoms with Crippen LogP contribution >= 0.6 is 0 Å². The standard InChI is InChI=1S/C27H26O10/c1-14(28)34-17-11-21-23(22(12-17)35-15(2)29)25(31)27(13-33-21,36-16(3)30)19-7-8-20-18(24(19)32-6)9-10-26(4,5)37-20/h7-12H,13H2,1-6H3/t27-/m0/s1. The summed E-state index contributed by atoms with van der Waals surface area (Å²) in [6, 6.07) is 5.77. The minimum atomic E-state index is -1.99. The maximum atomic E-state index is 14.2. The Kier molecular flexibility index (Phi) is 6.45. The third-order valence-corrected chi connectivity index (χ3v) is 5.72. The molecule has 2 aliphatic heterocycles. The summed E-state index contributed by atoms with van der Waals surface area (Å²) < 4.78 is 33.7. The van der Waals surface area contributed by atoms with Crippen LogP contribution in [0.2, 0.25) is 0 Å². The van der Waals surface area contributed by atoms with Crippen LogP contribution in [0, 0.1) is 0 Å². The summed E-state index contributed by atoms with van der Waals surface area (Å²) in [5.74, 6) is -2.27. The van der Waals surface area contributed by atoms with Crippen molar-refractivity contribution in [2.24, 2.45) is 0 Å². The molecule has 0 amide bonds. The maximum Gasteiger partial charge on any atom is 0.308 e. The molecule has 0 radical (unpaired) electrons. The van der Waals surface area contributed by atoms with Gasteiger partial charge in [0.25, 0.3) is 0 Å². The molecule has 0 saturated heterocycles. The largest absolute Gasteiger partial charge is 0.496 e. The van der Waals surface area contributed by atoms with E-state index >= 15 is 0 Å². The number of carbonyl (C=O) groups excluding carboxylic acids is 4. The van der Waals surface area contributed by atoms with E-state index in [4.69, 9.17) is 28.4 Å². The van der Waals surface area contributed by atoms with Gasteiger partial charge in [-0.25, -0.2) is 0 Å². The lowest BCUT2D eigenvalue weighted by Crippen LogP contribution is -2.48. The van der Waals surface area contributed by atoms with E-state index in [9.17, 15) is 19.2 Å². The van der Waals surface area contributed by atoms with Crippen molar-refractivity contribution in [1.82, 2.24) is 0 Å². The Morgan fingerprint density at radius 2 is 1.65 bits per heavy atom. The first kappa shape index (κ1) is 25.7. The van der Waals surface area contributed by atoms with Gasteiger partial charge in [-0.1, -0.05) is 0 Å². The average Bonchev–Trinajstić information content (AvgIpc) is 2.78. The van der Waals surface area contributed by atoms with Gasteiger partial charge in [-0.15, -0.1) is 0 Å². The molecule has 2 aliphatic rings. The van der Waals surface area contributed by atoms with Crippen molar-refractivity contribution in [3.63, 3.8) is 0 Å². The van der Waals surface area contributed by atoms with Crippen molar-refractivity contribution in [3.05, 3.63) is 47.0 Å². The molecule has 0 saturated carbocycles. The van der Waals surface area contributed by atoms with Crippen LogP contribution in [0.25, 0.3) is 6.08 Å². The highest BCUT2D eigenvalue weighted by molar-refractivity contribution is 6.10. The third-order valence-electron chi connectivity index (χ3n) is 5.72. The summed E-state index contributed by atoms with van der Waals surface area (Å²) in [6.45, 7) is 6.87. The molecule has 37 heavy (non-hydrogen) atoms. The van der Waals surface area contributed by atoms with Crippen LogP contribution in [0.3, 0.4) is 0 Å². The topological polar surface area (TPSA) is 124 Å². The van der Waals surface area contributed by atoms with Crippen LogP contribution in [-0.4, -0.2) is 43.0 Å². The second kappa shape index (κ2) is 9.27. The molecule has 0 aliphatic carbocycles. The van der Waals surface area contributed by atoms with Gasteiger partial charge in [-0.2, -0.15) is 0 Å². The molecular formula is C27H26O10. The smallest absolute Gasteiger partial charge is 0.308 e. The number of rotatable bonds is 5. The second-order valence-corrected chi connectivity index (χ2v) is 9.12. The number of esters is 3. The lowest BCUT2D eigenvalue weighted by Gasteiger charge is -2.38. The van der Waals surface area contributed by atoms with Crippen LogP contribution < -0.4 is 23.7 Å². The number of ketones is 1. The molecule has 10 nitrogen and oxygen atoms in total. The lowest BCUT2D eigenvalue weighted by molar-refractivity contribution is -0.157. The number of benzene rings is 2. The van der Waals surface area contributed by atoms with Crippen LogP contribution in [-0.2, 0) is 24.7 Å². The second-order valence-electron chi connectivity index (χ2n) is 9.12. The van der Waals surface area contributed by atoms with Crippen molar-refractivity contribution < 1.29 is 47.6 Å². The summed E-state index contributed by atoms with van der Waals surface area (Å²) >= 11 is 0. The zero-order chi connectivity index (χ0) is 27.1. The summed E-state index contributed by atoms with van der Waals surface area (Å²) in [6.07, 6.45) is 3.64. The molecule has 0 unspecified atom stereocenters. The SMILES string of the molecule is COc1c([C@@]2(OC(C)=O)COc3cc(OC(C)=O)cc(OC(C)=O)c3C2=O)ccc2c1C=CC(C)(C)O2. The van der Waals surface area contributed by atoms with E-state index in [2.05, 4.69) is 0 Å². The molecule has 0 bridgehead atoms. The molecule has 2 aromatic carbocycles. The Labute approximate surface area is 213 Å². The molecule has 2 heterocycles. The van der Waals surface area contributed by atoms with Crippen LogP contribution in [0.1, 0.15) is 56.1 Å². The number of ether oxygens (including phenoxy) is 6. The van der Waals surface area contributed by atoms with Gasteiger partial charge in [-0.3, -0.25) is 19.2 Å². The van der Waals surface area contributed by atoms with Gasteiger partial charge in [0, 0.05) is 38.5 Å². The van der Waals surface area contributed by atoms with Crippen molar-refractivity contribution in [3.8, 4) is 28.7 Å². The van der Waals surface area contributed by atoms with Crippen molar-refractivity contribution in [2.45, 2.75) is 45.8 Å². The fraction of sp³-hybridized carbons (Fsp3) is 0.333. The molecule has 0 spiro atoms. The summed E-state index contributed by atoms with van der Waals surface area (Å²) in [4.78, 5) is 49.8. The first-order valence-corrected chi connectivity index (χ1v) is 11.4. The summed E-state index contributed by atoms with van der Waals surface area (Å²) in [5, 5.41) is 0. The van der Waals surface area contributed by atoms with E-state index in [-0.39, 0.29) is 34.1 Å². The molecule has 0 aromatic heterocycles. The normalized spacial score (nSPS) is 18.9. The Hall–Kier alpha value is -4.34. The Balaban J connectivity index is 1.94. The van der Waals surface area contributed by atoms with Gasteiger partial charge in [-0.05, 0) is 38.1 Å². The average molecular weight is 510 g/mol. The first-order valence-electron chi connectivity index (χ1n) is 11.4. The Morgan fingerprint density at radius 3 is 2.27 bits per heavy atom. The Morgan fingerprint density at radius 1 is 0.946 bits per heavy atom. The van der Waals surface area contributed by atoms with Crippen LogP contribution in [0.5, 0.6) is 28.7 Å². The van der Waals surface area contributed by atoms with Crippen molar-refractivity contribution >= 4 is 29.8 Å². The molecule has 0 N–H and O–H groups in total. The summed E-state index contributed by atoms with van der Waals surface area (Å²) in [5.41, 5.74) is -1.95. The predicted octanol–water partition coefficient (Wildman–Crippen LogP) is 3.76. The van der Waals surface area contributed by atoms with E-state index in [1.54, 1.807) is 18.2 Å². The fourth-order valence-corrected chi connectivity index (χ4v) is 4.35. The van der Waals surface area contributed by atoms with Gasteiger partial charge in [0.2, 0.25) is 11.4 Å². The molecular weight excluding hydrogens is 484 g/mol. The number of methoxy groups -OCH3 is 1. The van der Waals surface area contributed by atoms with E-state index < -0.39 is 41.5 Å². The van der Waals surface area contributed by atoms with Gasteiger partial charge in [0.05, 0.1) is 12.7 Å². The number of hydrogen-bond acceptors (Lipinski definition) is 10. The third kappa shape index (κ3) is 4.74. The molecule has 4 rings (SSSR count). The lowest BCUT2D eigenvalue weighted by atomic mass is 9.81. The molecule has 0 fully saturated rings. The van der Waals surface area contributed by atoms with Crippen molar-refractivity contribution in [1.29, 1.82) is 0 Å². The van der Waals surface area contributed by atoms with Gasteiger partial charge in [0.1, 0.15) is 46.5 Å². The summed E-state index contributed by atoms with van der Waals surface area (Å²) in [7, 11) is 1.42. The number of carbonyl (C=O) groups is 4. The van der Waals surface area contributed by atoms with E-state index in [0.29, 0.717) is 11.3 Å². The number of hydrogen-bond donors (Lipinski definition) is 0. The van der Waals surface area contributed by atoms with E-state index in [1.807, 2.05) is 19.9 Å². The van der Waals surface area contributed by atoms with Crippen LogP contribution in [0.15, 0.2) is 30.3 Å². The minimum Gasteiger partial charge on any atom is -0.496 e. The molecule has 1 atom stereocenters. The highest BCUT2D eigenvalue weighted by Gasteiger charge is 2.53. The Bertz CT molecular complexity index is 1350. The van der Waals surface area contributed by atoms with E-state index in [0.717, 1.165) is 13.8 Å². The van der Waals surface area contributed by atoms with Gasteiger partial charge < -0.3 is 28.4 Å². The predicted molar refractivity (Wildman–Crippen MR) is 129 cm³/mol. The maximum absolute atomic E-state index is 14.2. The molecule has 10 heteroatoms. The number of Topliss-reactive ketones (excluding diaryl/α,β-unsaturated/α-hetero) is 1. The van der Waals surface area contributed by atoms with Crippen LogP contribution in [0.4, 0.5) is 0 Å². The first-order chi connectivity index (χ1) is 17.4. The van der Waals surface area contributed by atoms with Gasteiger partial charge in [0.15, 0.2) is 0 Å².